The van der Waals surface area contributed by atoms with Gasteiger partial charge in [-0.3, -0.25) is 23.5 Å². The lowest BCUT2D eigenvalue weighted by atomic mass is 9.61. The van der Waals surface area contributed by atoms with Crippen molar-refractivity contribution >= 4 is 22.6 Å². The second-order valence-corrected chi connectivity index (χ2v) is 7.49. The lowest BCUT2D eigenvalue weighted by molar-refractivity contribution is 0.0922. The van der Waals surface area contributed by atoms with Gasteiger partial charge in [0.25, 0.3) is 5.56 Å². The van der Waals surface area contributed by atoms with Crippen LogP contribution < -0.4 is 11.2 Å². The summed E-state index contributed by atoms with van der Waals surface area (Å²) in [5, 5.41) is 0.0680. The van der Waals surface area contributed by atoms with E-state index in [1.54, 1.807) is 0 Å². The highest BCUT2D eigenvalue weighted by Gasteiger charge is 2.46. The molecule has 7 nitrogen and oxygen atoms in total. The summed E-state index contributed by atoms with van der Waals surface area (Å²) in [6.07, 6.45) is 5.06. The van der Waals surface area contributed by atoms with Crippen LogP contribution in [0, 0.1) is 11.8 Å². The molecule has 7 heteroatoms. The van der Waals surface area contributed by atoms with Gasteiger partial charge < -0.3 is 0 Å². The van der Waals surface area contributed by atoms with Crippen LogP contribution in [0.3, 0.4) is 0 Å². The Kier molecular flexibility index (Phi) is 2.89. The monoisotopic (exact) mass is 351 g/mol. The Labute approximate surface area is 148 Å². The summed E-state index contributed by atoms with van der Waals surface area (Å²) in [5.74, 6) is -0.168. The van der Waals surface area contributed by atoms with Gasteiger partial charge in [-0.05, 0) is 37.5 Å². The molecule has 0 aromatic carbocycles. The van der Waals surface area contributed by atoms with E-state index in [2.05, 4.69) is 4.98 Å². The van der Waals surface area contributed by atoms with Gasteiger partial charge in [-0.1, -0.05) is 0 Å². The van der Waals surface area contributed by atoms with Gasteiger partial charge in [0, 0.05) is 31.4 Å². The van der Waals surface area contributed by atoms with Crippen molar-refractivity contribution < 1.29 is 9.59 Å². The van der Waals surface area contributed by atoms with E-state index in [1.807, 2.05) is 0 Å². The summed E-state index contributed by atoms with van der Waals surface area (Å²) in [6.45, 7) is 0. The molecule has 2 heterocycles. The van der Waals surface area contributed by atoms with Gasteiger partial charge in [-0.15, -0.1) is 0 Å². The summed E-state index contributed by atoms with van der Waals surface area (Å²) in [6, 6.07) is 0. The molecule has 2 aromatic rings. The Morgan fingerprint density at radius 3 is 2.08 bits per heavy atom. The summed E-state index contributed by atoms with van der Waals surface area (Å²) in [7, 11) is 2.87. The van der Waals surface area contributed by atoms with E-state index in [0.29, 0.717) is 11.1 Å². The molecular weight excluding hydrogens is 334 g/mol. The van der Waals surface area contributed by atoms with Crippen LogP contribution in [0.2, 0.25) is 0 Å². The largest absolute Gasteiger partial charge is 0.332 e. The van der Waals surface area contributed by atoms with E-state index in [0.717, 1.165) is 30.3 Å². The van der Waals surface area contributed by atoms with Crippen LogP contribution in [-0.2, 0) is 14.1 Å². The fourth-order valence-electron chi connectivity index (χ4n) is 4.94. The van der Waals surface area contributed by atoms with Crippen LogP contribution >= 0.6 is 0 Å². The molecule has 4 aliphatic carbocycles. The first-order valence-electron chi connectivity index (χ1n) is 8.84. The summed E-state index contributed by atoms with van der Waals surface area (Å²) in [4.78, 5) is 55.7. The van der Waals surface area contributed by atoms with Crippen molar-refractivity contribution in [3.63, 3.8) is 0 Å². The molecule has 0 radical (unpaired) electrons. The zero-order valence-electron chi connectivity index (χ0n) is 14.5. The molecule has 4 aliphatic rings. The average Bonchev–Trinajstić information content (AvgIpc) is 2.68. The van der Waals surface area contributed by atoms with Crippen LogP contribution in [0.5, 0.6) is 0 Å². The highest BCUT2D eigenvalue weighted by atomic mass is 16.2. The first kappa shape index (κ1) is 15.4. The first-order valence-corrected chi connectivity index (χ1v) is 8.84. The number of fused-ring (bicyclic) bond motifs is 5. The maximum absolute atomic E-state index is 13.4. The fraction of sp³-hybridized carbons (Fsp3) is 0.421. The van der Waals surface area contributed by atoms with Gasteiger partial charge in [0.05, 0.1) is 16.5 Å². The minimum atomic E-state index is -0.585. The molecule has 0 N–H and O–H groups in total. The molecule has 0 atom stereocenters. The van der Waals surface area contributed by atoms with Crippen molar-refractivity contribution in [2.45, 2.75) is 25.7 Å². The molecule has 2 aromatic heterocycles. The van der Waals surface area contributed by atoms with Crippen molar-refractivity contribution in [3.8, 4) is 0 Å². The Morgan fingerprint density at radius 1 is 0.885 bits per heavy atom. The van der Waals surface area contributed by atoms with Gasteiger partial charge in [-0.2, -0.15) is 0 Å². The molecule has 0 unspecified atom stereocenters. The van der Waals surface area contributed by atoms with Crippen molar-refractivity contribution in [3.05, 3.63) is 49.3 Å². The van der Waals surface area contributed by atoms with E-state index in [-0.39, 0.29) is 45.6 Å². The number of hydrogen-bond acceptors (Lipinski definition) is 5. The van der Waals surface area contributed by atoms with Gasteiger partial charge in [0.1, 0.15) is 5.65 Å². The number of aromatic nitrogens is 3. The van der Waals surface area contributed by atoms with E-state index in [4.69, 9.17) is 0 Å². The van der Waals surface area contributed by atoms with E-state index in [9.17, 15) is 19.2 Å². The lowest BCUT2D eigenvalue weighted by Crippen LogP contribution is -2.41. The Morgan fingerprint density at radius 2 is 1.46 bits per heavy atom. The third-order valence-electron chi connectivity index (χ3n) is 6.26. The van der Waals surface area contributed by atoms with E-state index < -0.39 is 11.2 Å². The second-order valence-electron chi connectivity index (χ2n) is 7.49. The van der Waals surface area contributed by atoms with Crippen LogP contribution in [0.1, 0.15) is 46.4 Å². The Bertz CT molecular complexity index is 1190. The molecule has 2 bridgehead atoms. The number of aryl methyl sites for hydroxylation is 1. The maximum atomic E-state index is 13.4. The van der Waals surface area contributed by atoms with Crippen LogP contribution in [0.15, 0.2) is 26.9 Å². The average molecular weight is 351 g/mol. The third-order valence-corrected chi connectivity index (χ3v) is 6.26. The predicted molar refractivity (Wildman–Crippen MR) is 93.4 cm³/mol. The van der Waals surface area contributed by atoms with Crippen molar-refractivity contribution in [2.24, 2.45) is 25.9 Å². The maximum Gasteiger partial charge on any atom is 0.332 e. The zero-order valence-corrected chi connectivity index (χ0v) is 14.5. The molecule has 0 amide bonds. The van der Waals surface area contributed by atoms with Gasteiger partial charge in [-0.25, -0.2) is 9.78 Å². The summed E-state index contributed by atoms with van der Waals surface area (Å²) >= 11 is 0. The molecule has 26 heavy (non-hydrogen) atoms. The smallest absolute Gasteiger partial charge is 0.289 e. The first-order chi connectivity index (χ1) is 12.4. The van der Waals surface area contributed by atoms with Crippen molar-refractivity contribution in [1.82, 2.24) is 14.1 Å². The molecule has 1 fully saturated rings. The SMILES string of the molecule is Cn1c(=O)c2c3c(cnc2n(C)c1=O)C(=O)C1=C(C3=O)C2CCC1CC2. The fourth-order valence-corrected chi connectivity index (χ4v) is 4.94. The molecule has 132 valence electrons. The van der Waals surface area contributed by atoms with E-state index >= 15 is 0 Å². The summed E-state index contributed by atoms with van der Waals surface area (Å²) in [5.41, 5.74) is 0.621. The number of ketones is 2. The molecular formula is C19H17N3O4. The second kappa shape index (κ2) is 4.87. The number of pyridine rings is 1. The van der Waals surface area contributed by atoms with E-state index in [1.165, 1.54) is 24.9 Å². The zero-order chi connectivity index (χ0) is 18.3. The number of carbonyl (C=O) groups is 2. The lowest BCUT2D eigenvalue weighted by Gasteiger charge is -2.41. The third kappa shape index (κ3) is 1.65. The molecule has 1 saturated carbocycles. The van der Waals surface area contributed by atoms with Crippen LogP contribution in [0.4, 0.5) is 0 Å². The Hall–Kier alpha value is -2.83. The van der Waals surface area contributed by atoms with Crippen molar-refractivity contribution in [2.75, 3.05) is 0 Å². The standard InChI is InChI=1S/C19H17N3O4/c1-21-17-14(18(25)22(2)19(21)26)13-10(7-20-17)15(23)11-8-3-5-9(6-4-8)12(11)16(13)24/h7-9H,3-6H2,1-2H3. The van der Waals surface area contributed by atoms with Crippen LogP contribution in [0.25, 0.3) is 11.0 Å². The highest BCUT2D eigenvalue weighted by Crippen LogP contribution is 2.49. The molecule has 0 aliphatic heterocycles. The van der Waals surface area contributed by atoms with Gasteiger partial charge >= 0.3 is 5.69 Å². The number of rotatable bonds is 0. The normalized spacial score (nSPS) is 24.2. The minimum Gasteiger partial charge on any atom is -0.289 e. The number of hydrogen-bond donors (Lipinski definition) is 0. The number of nitrogens with zero attached hydrogens (tertiary/aromatic N) is 3. The number of Topliss-reactive ketones (excluding diaryl/α,β-unsaturated/α-hetero) is 2. The van der Waals surface area contributed by atoms with Crippen LogP contribution in [-0.4, -0.2) is 25.7 Å². The summed E-state index contributed by atoms with van der Waals surface area (Å²) < 4.78 is 2.20. The predicted octanol–water partition coefficient (Wildman–Crippen LogP) is 1.13. The molecule has 0 saturated heterocycles. The van der Waals surface area contributed by atoms with Gasteiger partial charge in [0.15, 0.2) is 11.6 Å². The minimum absolute atomic E-state index is 0.0680. The van der Waals surface area contributed by atoms with Crippen molar-refractivity contribution in [1.29, 1.82) is 0 Å². The topological polar surface area (TPSA) is 91.0 Å². The number of carbonyl (C=O) groups excluding carboxylic acids is 2. The quantitative estimate of drug-likeness (QED) is 0.709. The van der Waals surface area contributed by atoms with Gasteiger partial charge in [0.2, 0.25) is 0 Å². The Balaban J connectivity index is 1.92. The molecule has 0 spiro atoms. The number of allylic oxidation sites excluding steroid dienone is 2. The molecule has 6 rings (SSSR count). The highest BCUT2D eigenvalue weighted by molar-refractivity contribution is 6.30.